The number of ether oxygens (including phenoxy) is 1. The zero-order valence-corrected chi connectivity index (χ0v) is 15.6. The lowest BCUT2D eigenvalue weighted by Gasteiger charge is -2.27. The van der Waals surface area contributed by atoms with Gasteiger partial charge in [-0.2, -0.15) is 0 Å². The average Bonchev–Trinajstić information content (AvgIpc) is 2.93. The summed E-state index contributed by atoms with van der Waals surface area (Å²) in [5, 5.41) is 14.4. The van der Waals surface area contributed by atoms with Gasteiger partial charge >= 0.3 is 0 Å². The Morgan fingerprint density at radius 2 is 2.07 bits per heavy atom. The Morgan fingerprint density at radius 1 is 1.28 bits per heavy atom. The molecule has 0 fully saturated rings. The zero-order valence-electron chi connectivity index (χ0n) is 14.9. The van der Waals surface area contributed by atoms with Gasteiger partial charge in [-0.15, -0.1) is 0 Å². The first-order valence-corrected chi connectivity index (χ1v) is 9.10. The maximum atomic E-state index is 12.6. The Hall–Kier alpha value is -3.46. The first-order valence-electron chi connectivity index (χ1n) is 8.72. The van der Waals surface area contributed by atoms with Gasteiger partial charge in [-0.25, -0.2) is 0 Å². The summed E-state index contributed by atoms with van der Waals surface area (Å²) >= 11 is 6.03. The van der Waals surface area contributed by atoms with Crippen LogP contribution in [0, 0.1) is 10.1 Å². The summed E-state index contributed by atoms with van der Waals surface area (Å²) in [6.07, 6.45) is 0.493. The Balaban J connectivity index is 1.53. The number of hydrogen-bond donors (Lipinski definition) is 1. The highest BCUT2D eigenvalue weighted by molar-refractivity contribution is 6.30. The smallest absolute Gasteiger partial charge is 0.282 e. The first kappa shape index (κ1) is 18.9. The third-order valence-electron chi connectivity index (χ3n) is 4.82. The summed E-state index contributed by atoms with van der Waals surface area (Å²) in [6.45, 7) is -0.157. The normalized spacial score (nSPS) is 17.4. The van der Waals surface area contributed by atoms with Crippen molar-refractivity contribution >= 4 is 35.0 Å². The van der Waals surface area contributed by atoms with Crippen molar-refractivity contribution in [3.63, 3.8) is 0 Å². The van der Waals surface area contributed by atoms with Crippen molar-refractivity contribution in [1.29, 1.82) is 0 Å². The minimum Gasteiger partial charge on any atom is -0.493 e. The average molecular weight is 416 g/mol. The van der Waals surface area contributed by atoms with E-state index in [2.05, 4.69) is 5.32 Å². The summed E-state index contributed by atoms with van der Waals surface area (Å²) < 4.78 is 5.54. The third-order valence-corrected chi connectivity index (χ3v) is 5.06. The highest BCUT2D eigenvalue weighted by Gasteiger charge is 2.41. The van der Waals surface area contributed by atoms with Crippen LogP contribution in [0.3, 0.4) is 0 Å². The van der Waals surface area contributed by atoms with Crippen LogP contribution in [-0.2, 0) is 4.79 Å². The molecule has 0 saturated carbocycles. The Kier molecular flexibility index (Phi) is 4.67. The number of nitro groups is 1. The molecule has 0 aromatic heterocycles. The lowest BCUT2D eigenvalue weighted by Crippen LogP contribution is -2.42. The number of amides is 3. The number of fused-ring (bicyclic) bond motifs is 2. The molecule has 0 bridgehead atoms. The summed E-state index contributed by atoms with van der Waals surface area (Å²) in [4.78, 5) is 48.8. The number of nitro benzene ring substituents is 1. The van der Waals surface area contributed by atoms with Gasteiger partial charge in [-0.3, -0.25) is 29.4 Å². The fourth-order valence-corrected chi connectivity index (χ4v) is 3.69. The number of imide groups is 1. The molecule has 2 heterocycles. The number of carbonyl (C=O) groups is 3. The second kappa shape index (κ2) is 7.17. The van der Waals surface area contributed by atoms with E-state index < -0.39 is 40.9 Å². The van der Waals surface area contributed by atoms with E-state index in [0.29, 0.717) is 34.3 Å². The van der Waals surface area contributed by atoms with Crippen LogP contribution < -0.4 is 10.1 Å². The van der Waals surface area contributed by atoms with Gasteiger partial charge < -0.3 is 10.1 Å². The summed E-state index contributed by atoms with van der Waals surface area (Å²) in [6, 6.07) is 8.48. The van der Waals surface area contributed by atoms with Crippen molar-refractivity contribution in [2.45, 2.75) is 12.5 Å². The molecule has 4 rings (SSSR count). The molecule has 2 aliphatic rings. The highest BCUT2D eigenvalue weighted by Crippen LogP contribution is 2.34. The second-order valence-corrected chi connectivity index (χ2v) is 7.03. The molecule has 1 N–H and O–H groups in total. The number of nitrogens with zero attached hydrogens (tertiary/aromatic N) is 2. The molecule has 2 aliphatic heterocycles. The molecular formula is C19H14ClN3O6. The molecule has 2 aromatic rings. The van der Waals surface area contributed by atoms with Gasteiger partial charge in [0.05, 0.1) is 23.1 Å². The molecule has 148 valence electrons. The number of carbonyl (C=O) groups excluding carboxylic acids is 3. The van der Waals surface area contributed by atoms with E-state index in [1.54, 1.807) is 18.2 Å². The van der Waals surface area contributed by atoms with E-state index in [4.69, 9.17) is 16.3 Å². The van der Waals surface area contributed by atoms with Gasteiger partial charge in [0.15, 0.2) is 0 Å². The van der Waals surface area contributed by atoms with Crippen LogP contribution in [0.15, 0.2) is 36.4 Å². The summed E-state index contributed by atoms with van der Waals surface area (Å²) in [7, 11) is 0. The van der Waals surface area contributed by atoms with Crippen LogP contribution in [0.1, 0.15) is 38.7 Å². The Labute approximate surface area is 169 Å². The zero-order chi connectivity index (χ0) is 20.7. The molecule has 29 heavy (non-hydrogen) atoms. The van der Waals surface area contributed by atoms with E-state index in [1.807, 2.05) is 0 Å². The molecule has 9 nitrogen and oxygen atoms in total. The standard InChI is InChI=1S/C19H14ClN3O6/c20-10-4-5-15-12(8-10)13(6-7-29-15)21-16(24)9-22-18(25)11-2-1-3-14(23(27)28)17(11)19(22)26/h1-5,8,13H,6-7,9H2,(H,21,24). The largest absolute Gasteiger partial charge is 0.493 e. The van der Waals surface area contributed by atoms with Gasteiger partial charge in [-0.1, -0.05) is 17.7 Å². The van der Waals surface area contributed by atoms with Crippen molar-refractivity contribution in [2.75, 3.05) is 13.2 Å². The van der Waals surface area contributed by atoms with Crippen molar-refractivity contribution in [2.24, 2.45) is 0 Å². The van der Waals surface area contributed by atoms with Crippen LogP contribution in [0.25, 0.3) is 0 Å². The topological polar surface area (TPSA) is 119 Å². The van der Waals surface area contributed by atoms with E-state index in [0.717, 1.165) is 6.07 Å². The molecule has 2 aromatic carbocycles. The summed E-state index contributed by atoms with van der Waals surface area (Å²) in [5.41, 5.74) is -0.134. The molecule has 0 radical (unpaired) electrons. The van der Waals surface area contributed by atoms with Gasteiger partial charge in [0.25, 0.3) is 17.5 Å². The summed E-state index contributed by atoms with van der Waals surface area (Å²) in [5.74, 6) is -1.57. The fraction of sp³-hybridized carbons (Fsp3) is 0.211. The SMILES string of the molecule is O=C(CN1C(=O)c2cccc([N+](=O)[O-])c2C1=O)NC1CCOc2ccc(Cl)cc21. The Morgan fingerprint density at radius 3 is 2.83 bits per heavy atom. The second-order valence-electron chi connectivity index (χ2n) is 6.59. The number of rotatable bonds is 4. The third kappa shape index (κ3) is 3.29. The van der Waals surface area contributed by atoms with Gasteiger partial charge in [0.2, 0.25) is 5.91 Å². The van der Waals surface area contributed by atoms with Crippen LogP contribution in [0.2, 0.25) is 5.02 Å². The van der Waals surface area contributed by atoms with Gasteiger partial charge in [0.1, 0.15) is 17.9 Å². The van der Waals surface area contributed by atoms with Gasteiger partial charge in [-0.05, 0) is 24.3 Å². The monoisotopic (exact) mass is 415 g/mol. The van der Waals surface area contributed by atoms with E-state index >= 15 is 0 Å². The van der Waals surface area contributed by atoms with Crippen molar-refractivity contribution in [3.05, 3.63) is 68.2 Å². The van der Waals surface area contributed by atoms with Gasteiger partial charge in [0, 0.05) is 23.1 Å². The van der Waals surface area contributed by atoms with Crippen LogP contribution in [-0.4, -0.2) is 40.7 Å². The lowest BCUT2D eigenvalue weighted by atomic mass is 10.0. The first-order chi connectivity index (χ1) is 13.9. The maximum absolute atomic E-state index is 12.6. The Bertz CT molecular complexity index is 1070. The lowest BCUT2D eigenvalue weighted by molar-refractivity contribution is -0.385. The van der Waals surface area contributed by atoms with E-state index in [-0.39, 0.29) is 11.1 Å². The molecule has 0 spiro atoms. The molecule has 10 heteroatoms. The predicted molar refractivity (Wildman–Crippen MR) is 101 cm³/mol. The molecule has 1 unspecified atom stereocenters. The molecular weight excluding hydrogens is 402 g/mol. The van der Waals surface area contributed by atoms with Crippen molar-refractivity contribution < 1.29 is 24.0 Å². The van der Waals surface area contributed by atoms with Crippen molar-refractivity contribution in [3.8, 4) is 5.75 Å². The number of nitrogens with one attached hydrogen (secondary N) is 1. The maximum Gasteiger partial charge on any atom is 0.282 e. The molecule has 1 atom stereocenters. The minimum atomic E-state index is -0.858. The highest BCUT2D eigenvalue weighted by atomic mass is 35.5. The van der Waals surface area contributed by atoms with Crippen LogP contribution in [0.5, 0.6) is 5.75 Å². The fourth-order valence-electron chi connectivity index (χ4n) is 3.51. The molecule has 0 aliphatic carbocycles. The van der Waals surface area contributed by atoms with E-state index in [1.165, 1.54) is 12.1 Å². The minimum absolute atomic E-state index is 0.0832. The molecule has 0 saturated heterocycles. The predicted octanol–water partition coefficient (Wildman–Crippen LogP) is 2.48. The van der Waals surface area contributed by atoms with Crippen LogP contribution in [0.4, 0.5) is 5.69 Å². The van der Waals surface area contributed by atoms with Crippen molar-refractivity contribution in [1.82, 2.24) is 10.2 Å². The van der Waals surface area contributed by atoms with E-state index in [9.17, 15) is 24.5 Å². The number of halogens is 1. The molecule has 3 amide bonds. The number of benzene rings is 2. The quantitative estimate of drug-likeness (QED) is 0.465. The number of hydrogen-bond acceptors (Lipinski definition) is 6. The van der Waals surface area contributed by atoms with Crippen LogP contribution >= 0.6 is 11.6 Å².